The molecule has 0 heterocycles. The number of alkyl carbamates (subject to hydrolysis) is 1. The molecule has 7 heteroatoms. The van der Waals surface area contributed by atoms with Crippen molar-refractivity contribution in [3.05, 3.63) is 59.7 Å². The third kappa shape index (κ3) is 4.04. The Morgan fingerprint density at radius 1 is 1.00 bits per heavy atom. The highest BCUT2D eigenvalue weighted by Gasteiger charge is 2.50. The molecule has 0 aliphatic heterocycles. The van der Waals surface area contributed by atoms with Gasteiger partial charge in [-0.15, -0.1) is 0 Å². The normalized spacial score (nSPS) is 24.4. The average Bonchev–Trinajstić information content (AvgIpc) is 3.34. The zero-order chi connectivity index (χ0) is 23.8. The molecule has 0 bridgehead atoms. The largest absolute Gasteiger partial charge is 0.480 e. The average molecular weight is 463 g/mol. The molecule has 3 aliphatic rings. The number of carboxylic acid groups (broad SMARTS) is 1. The zero-order valence-electron chi connectivity index (χ0n) is 19.3. The molecule has 178 valence electrons. The number of carboxylic acids is 1. The van der Waals surface area contributed by atoms with Gasteiger partial charge in [0.2, 0.25) is 5.91 Å². The molecular formula is C27H30N2O5. The second-order valence-corrected chi connectivity index (χ2v) is 9.65. The minimum atomic E-state index is -0.994. The monoisotopic (exact) mass is 462 g/mol. The second kappa shape index (κ2) is 9.12. The number of ether oxygens (including phenoxy) is 1. The van der Waals surface area contributed by atoms with Gasteiger partial charge in [-0.1, -0.05) is 48.5 Å². The molecule has 0 spiro atoms. The van der Waals surface area contributed by atoms with E-state index in [4.69, 9.17) is 9.84 Å². The van der Waals surface area contributed by atoms with E-state index in [-0.39, 0.29) is 42.9 Å². The number of rotatable bonds is 7. The number of nitrogens with zero attached hydrogens (tertiary/aromatic N) is 1. The minimum absolute atomic E-state index is 0.00741. The van der Waals surface area contributed by atoms with Crippen LogP contribution < -0.4 is 5.32 Å². The van der Waals surface area contributed by atoms with Crippen LogP contribution in [0.2, 0.25) is 0 Å². The summed E-state index contributed by atoms with van der Waals surface area (Å²) in [4.78, 5) is 37.8. The third-order valence-corrected chi connectivity index (χ3v) is 7.84. The standard InChI is InChI=1S/C27H30N2O5/c1-2-29(14-25(30)31)26(32)17-11-16-13-24(22(16)12-17)28-27(33)34-15-23-20-9-5-3-7-18(20)19-8-4-6-10-21(19)23/h3-10,16-17,22-24H,2,11-15H2,1H3,(H,28,33)(H,30,31)/t16-,17?,22-,24+/m0/s1. The number of hydrogen-bond acceptors (Lipinski definition) is 4. The fraction of sp³-hybridized carbons (Fsp3) is 0.444. The van der Waals surface area contributed by atoms with Crippen LogP contribution in [0.3, 0.4) is 0 Å². The van der Waals surface area contributed by atoms with Crippen molar-refractivity contribution in [1.29, 1.82) is 0 Å². The van der Waals surface area contributed by atoms with E-state index in [0.717, 1.165) is 12.8 Å². The van der Waals surface area contributed by atoms with E-state index in [1.807, 2.05) is 24.3 Å². The second-order valence-electron chi connectivity index (χ2n) is 9.65. The highest BCUT2D eigenvalue weighted by Crippen LogP contribution is 2.50. The third-order valence-electron chi connectivity index (χ3n) is 7.84. The lowest BCUT2D eigenvalue weighted by atomic mass is 9.71. The molecule has 2 N–H and O–H groups in total. The molecule has 4 atom stereocenters. The van der Waals surface area contributed by atoms with Crippen molar-refractivity contribution in [1.82, 2.24) is 10.2 Å². The molecule has 2 fully saturated rings. The molecule has 2 amide bonds. The fourth-order valence-electron chi connectivity index (χ4n) is 6.15. The quantitative estimate of drug-likeness (QED) is 0.651. The number of likely N-dealkylation sites (N-methyl/N-ethyl adjacent to an activating group) is 1. The lowest BCUT2D eigenvalue weighted by Gasteiger charge is -2.40. The zero-order valence-corrected chi connectivity index (χ0v) is 19.3. The van der Waals surface area contributed by atoms with Crippen LogP contribution in [0, 0.1) is 17.8 Å². The van der Waals surface area contributed by atoms with Crippen molar-refractivity contribution >= 4 is 18.0 Å². The first-order valence-electron chi connectivity index (χ1n) is 12.1. The minimum Gasteiger partial charge on any atom is -0.480 e. The Hall–Kier alpha value is -3.35. The van der Waals surface area contributed by atoms with E-state index in [1.165, 1.54) is 27.2 Å². The molecule has 1 unspecified atom stereocenters. The first-order chi connectivity index (χ1) is 16.5. The predicted molar refractivity (Wildman–Crippen MR) is 126 cm³/mol. The van der Waals surface area contributed by atoms with Gasteiger partial charge in [0.25, 0.3) is 0 Å². The van der Waals surface area contributed by atoms with Gasteiger partial charge in [-0.25, -0.2) is 4.79 Å². The Morgan fingerprint density at radius 2 is 1.65 bits per heavy atom. The molecule has 0 saturated heterocycles. The Balaban J connectivity index is 1.15. The Morgan fingerprint density at radius 3 is 2.26 bits per heavy atom. The van der Waals surface area contributed by atoms with E-state index in [1.54, 1.807) is 6.92 Å². The smallest absolute Gasteiger partial charge is 0.407 e. The topological polar surface area (TPSA) is 95.9 Å². The van der Waals surface area contributed by atoms with E-state index in [0.29, 0.717) is 18.9 Å². The van der Waals surface area contributed by atoms with Crippen LogP contribution in [0.15, 0.2) is 48.5 Å². The van der Waals surface area contributed by atoms with Crippen LogP contribution in [0.1, 0.15) is 43.2 Å². The summed E-state index contributed by atoms with van der Waals surface area (Å²) in [7, 11) is 0. The Bertz CT molecular complexity index is 1070. The van der Waals surface area contributed by atoms with Crippen molar-refractivity contribution in [3.8, 4) is 11.1 Å². The number of amides is 2. The van der Waals surface area contributed by atoms with Gasteiger partial charge >= 0.3 is 12.1 Å². The Labute approximate surface area is 199 Å². The van der Waals surface area contributed by atoms with E-state index < -0.39 is 12.1 Å². The summed E-state index contributed by atoms with van der Waals surface area (Å²) in [6, 6.07) is 16.5. The molecule has 34 heavy (non-hydrogen) atoms. The van der Waals surface area contributed by atoms with Crippen molar-refractivity contribution in [2.24, 2.45) is 17.8 Å². The van der Waals surface area contributed by atoms with E-state index in [2.05, 4.69) is 29.6 Å². The van der Waals surface area contributed by atoms with Gasteiger partial charge in [0.05, 0.1) is 0 Å². The maximum absolute atomic E-state index is 12.8. The number of hydrogen-bond donors (Lipinski definition) is 2. The van der Waals surface area contributed by atoms with Crippen molar-refractivity contribution in [2.75, 3.05) is 19.7 Å². The number of aliphatic carboxylic acids is 1. The van der Waals surface area contributed by atoms with Crippen molar-refractivity contribution in [2.45, 2.75) is 38.1 Å². The Kier molecular flexibility index (Phi) is 6.02. The van der Waals surface area contributed by atoms with Crippen LogP contribution in [-0.2, 0) is 14.3 Å². The number of benzene rings is 2. The first kappa shape index (κ1) is 22.4. The highest BCUT2D eigenvalue weighted by atomic mass is 16.5. The summed E-state index contributed by atoms with van der Waals surface area (Å²) in [5.41, 5.74) is 4.75. The lowest BCUT2D eigenvalue weighted by molar-refractivity contribution is -0.146. The maximum Gasteiger partial charge on any atom is 0.407 e. The van der Waals surface area contributed by atoms with Gasteiger partial charge in [0.15, 0.2) is 0 Å². The van der Waals surface area contributed by atoms with Crippen molar-refractivity contribution in [3.63, 3.8) is 0 Å². The molecular weight excluding hydrogens is 432 g/mol. The van der Waals surface area contributed by atoms with Gasteiger partial charge in [-0.2, -0.15) is 0 Å². The van der Waals surface area contributed by atoms with Crippen LogP contribution in [0.4, 0.5) is 4.79 Å². The molecule has 5 rings (SSSR count). The predicted octanol–water partition coefficient (Wildman–Crippen LogP) is 3.87. The summed E-state index contributed by atoms with van der Waals surface area (Å²) in [5.74, 6) is -0.571. The van der Waals surface area contributed by atoms with Gasteiger partial charge in [-0.3, -0.25) is 9.59 Å². The summed E-state index contributed by atoms with van der Waals surface area (Å²) >= 11 is 0. The summed E-state index contributed by atoms with van der Waals surface area (Å²) < 4.78 is 5.68. The lowest BCUT2D eigenvalue weighted by Crippen LogP contribution is -2.50. The molecule has 0 radical (unpaired) electrons. The first-order valence-corrected chi connectivity index (χ1v) is 12.1. The molecule has 7 nitrogen and oxygen atoms in total. The molecule has 2 saturated carbocycles. The van der Waals surface area contributed by atoms with E-state index in [9.17, 15) is 14.4 Å². The van der Waals surface area contributed by atoms with Gasteiger partial charge < -0.3 is 20.1 Å². The molecule has 0 aromatic heterocycles. The van der Waals surface area contributed by atoms with Crippen LogP contribution in [0.5, 0.6) is 0 Å². The molecule has 3 aliphatic carbocycles. The van der Waals surface area contributed by atoms with Gasteiger partial charge in [0, 0.05) is 24.4 Å². The fourth-order valence-corrected chi connectivity index (χ4v) is 6.15. The SMILES string of the molecule is CCN(CC(=O)O)C(=O)C1C[C@H]2C[C@@H](NC(=O)OCC3c4ccccc4-c4ccccc43)[C@H]2C1. The highest BCUT2D eigenvalue weighted by molar-refractivity contribution is 5.83. The number of carbonyl (C=O) groups excluding carboxylic acids is 2. The summed E-state index contributed by atoms with van der Waals surface area (Å²) in [6.45, 7) is 2.20. The van der Waals surface area contributed by atoms with E-state index >= 15 is 0 Å². The molecule has 2 aromatic carbocycles. The van der Waals surface area contributed by atoms with Gasteiger partial charge in [0.1, 0.15) is 13.2 Å². The number of nitrogens with one attached hydrogen (secondary N) is 1. The van der Waals surface area contributed by atoms with Crippen LogP contribution in [-0.4, -0.2) is 53.7 Å². The number of fused-ring (bicyclic) bond motifs is 4. The van der Waals surface area contributed by atoms with Crippen molar-refractivity contribution < 1.29 is 24.2 Å². The number of carbonyl (C=O) groups is 3. The maximum atomic E-state index is 12.8. The molecule has 2 aromatic rings. The summed E-state index contributed by atoms with van der Waals surface area (Å²) in [5, 5.41) is 12.1. The van der Waals surface area contributed by atoms with Crippen LogP contribution >= 0.6 is 0 Å². The van der Waals surface area contributed by atoms with Gasteiger partial charge in [-0.05, 0) is 60.3 Å². The summed E-state index contributed by atoms with van der Waals surface area (Å²) in [6.07, 6.45) is 1.88. The van der Waals surface area contributed by atoms with Crippen LogP contribution in [0.25, 0.3) is 11.1 Å².